The molecule has 0 aliphatic heterocycles. The van der Waals surface area contributed by atoms with Gasteiger partial charge in [-0.3, -0.25) is 4.98 Å². The van der Waals surface area contributed by atoms with Gasteiger partial charge < -0.3 is 4.74 Å². The molecular weight excluding hydrogens is 210 g/mol. The van der Waals surface area contributed by atoms with Gasteiger partial charge in [0.25, 0.3) is 0 Å². The van der Waals surface area contributed by atoms with Gasteiger partial charge in [-0.2, -0.15) is 0 Å². The van der Waals surface area contributed by atoms with Crippen LogP contribution < -0.4 is 4.74 Å². The highest BCUT2D eigenvalue weighted by Gasteiger charge is 2.06. The van der Waals surface area contributed by atoms with Crippen molar-refractivity contribution in [2.75, 3.05) is 7.11 Å². The maximum Gasteiger partial charge on any atom is 0.128 e. The number of nitrogens with zero attached hydrogens (tertiary/aromatic N) is 1. The third kappa shape index (κ3) is 2.47. The molecule has 0 aliphatic carbocycles. The minimum Gasteiger partial charge on any atom is -0.496 e. The molecule has 88 valence electrons. The molecule has 0 spiro atoms. The number of ether oxygens (including phenoxy) is 1. The van der Waals surface area contributed by atoms with Crippen molar-refractivity contribution >= 4 is 0 Å². The molecule has 0 saturated carbocycles. The molecular formula is C15H17NO. The molecule has 0 amide bonds. The van der Waals surface area contributed by atoms with Crippen LogP contribution in [0, 0.1) is 0 Å². The molecule has 17 heavy (non-hydrogen) atoms. The smallest absolute Gasteiger partial charge is 0.128 e. The Morgan fingerprint density at radius 2 is 1.82 bits per heavy atom. The third-order valence-electron chi connectivity index (χ3n) is 2.84. The number of aromatic nitrogens is 1. The Balaban J connectivity index is 2.40. The highest BCUT2D eigenvalue weighted by Crippen LogP contribution is 2.28. The van der Waals surface area contributed by atoms with E-state index in [1.54, 1.807) is 7.11 Å². The summed E-state index contributed by atoms with van der Waals surface area (Å²) in [6.07, 6.45) is 1.94. The largest absolute Gasteiger partial charge is 0.496 e. The first-order valence-corrected chi connectivity index (χ1v) is 5.81. The number of para-hydroxylation sites is 1. The van der Waals surface area contributed by atoms with Gasteiger partial charge in [0.05, 0.1) is 12.8 Å². The van der Waals surface area contributed by atoms with Crippen molar-refractivity contribution in [3.8, 4) is 17.0 Å². The highest BCUT2D eigenvalue weighted by atomic mass is 16.5. The Morgan fingerprint density at radius 1 is 1.06 bits per heavy atom. The van der Waals surface area contributed by atoms with E-state index in [1.165, 1.54) is 5.56 Å². The zero-order valence-corrected chi connectivity index (χ0v) is 10.5. The van der Waals surface area contributed by atoms with Crippen LogP contribution in [0.5, 0.6) is 5.75 Å². The van der Waals surface area contributed by atoms with Crippen molar-refractivity contribution in [3.63, 3.8) is 0 Å². The number of benzene rings is 1. The first-order chi connectivity index (χ1) is 8.22. The molecule has 2 aromatic rings. The van der Waals surface area contributed by atoms with Crippen LogP contribution in [0.15, 0.2) is 42.6 Å². The van der Waals surface area contributed by atoms with E-state index in [-0.39, 0.29) is 0 Å². The van der Waals surface area contributed by atoms with E-state index in [0.29, 0.717) is 5.92 Å². The molecule has 2 rings (SSSR count). The zero-order valence-electron chi connectivity index (χ0n) is 10.5. The average Bonchev–Trinajstić information content (AvgIpc) is 2.39. The van der Waals surface area contributed by atoms with E-state index in [4.69, 9.17) is 4.74 Å². The van der Waals surface area contributed by atoms with Crippen LogP contribution in [0.1, 0.15) is 25.3 Å². The maximum absolute atomic E-state index is 5.34. The summed E-state index contributed by atoms with van der Waals surface area (Å²) < 4.78 is 5.34. The van der Waals surface area contributed by atoms with Gasteiger partial charge in [-0.05, 0) is 29.7 Å². The van der Waals surface area contributed by atoms with Gasteiger partial charge in [-0.1, -0.05) is 32.0 Å². The summed E-state index contributed by atoms with van der Waals surface area (Å²) in [5, 5.41) is 0. The fourth-order valence-electron chi connectivity index (χ4n) is 1.76. The predicted molar refractivity (Wildman–Crippen MR) is 70.3 cm³/mol. The molecule has 0 bridgehead atoms. The SMILES string of the molecule is COc1ccccc1-c1ccc(C(C)C)cn1. The van der Waals surface area contributed by atoms with Gasteiger partial charge >= 0.3 is 0 Å². The number of hydrogen-bond donors (Lipinski definition) is 0. The lowest BCUT2D eigenvalue weighted by atomic mass is 10.0. The molecule has 0 saturated heterocycles. The summed E-state index contributed by atoms with van der Waals surface area (Å²) >= 11 is 0. The van der Waals surface area contributed by atoms with Crippen LogP contribution in [0.2, 0.25) is 0 Å². The molecule has 2 heteroatoms. The predicted octanol–water partition coefficient (Wildman–Crippen LogP) is 3.88. The molecule has 2 nitrogen and oxygen atoms in total. The molecule has 1 aromatic heterocycles. The Bertz CT molecular complexity index is 489. The second-order valence-corrected chi connectivity index (χ2v) is 4.33. The van der Waals surface area contributed by atoms with E-state index in [0.717, 1.165) is 17.0 Å². The number of pyridine rings is 1. The van der Waals surface area contributed by atoms with Gasteiger partial charge in [0.1, 0.15) is 5.75 Å². The molecule has 0 radical (unpaired) electrons. The summed E-state index contributed by atoms with van der Waals surface area (Å²) in [6.45, 7) is 4.33. The van der Waals surface area contributed by atoms with Crippen LogP contribution in [-0.4, -0.2) is 12.1 Å². The molecule has 1 aromatic carbocycles. The third-order valence-corrected chi connectivity index (χ3v) is 2.84. The molecule has 0 fully saturated rings. The van der Waals surface area contributed by atoms with Gasteiger partial charge in [0.15, 0.2) is 0 Å². The van der Waals surface area contributed by atoms with Gasteiger partial charge in [0.2, 0.25) is 0 Å². The summed E-state index contributed by atoms with van der Waals surface area (Å²) in [4.78, 5) is 4.50. The highest BCUT2D eigenvalue weighted by molar-refractivity contribution is 5.66. The van der Waals surface area contributed by atoms with Crippen molar-refractivity contribution in [2.24, 2.45) is 0 Å². The van der Waals surface area contributed by atoms with Crippen molar-refractivity contribution in [2.45, 2.75) is 19.8 Å². The Kier molecular flexibility index (Phi) is 3.43. The summed E-state index contributed by atoms with van der Waals surface area (Å²) in [5.74, 6) is 1.37. The molecule has 1 heterocycles. The second-order valence-electron chi connectivity index (χ2n) is 4.33. The first kappa shape index (κ1) is 11.6. The molecule has 0 N–H and O–H groups in total. The van der Waals surface area contributed by atoms with Crippen molar-refractivity contribution in [3.05, 3.63) is 48.2 Å². The second kappa shape index (κ2) is 5.00. The van der Waals surface area contributed by atoms with Gasteiger partial charge in [-0.25, -0.2) is 0 Å². The monoisotopic (exact) mass is 227 g/mol. The van der Waals surface area contributed by atoms with E-state index in [9.17, 15) is 0 Å². The molecule has 0 aliphatic rings. The topological polar surface area (TPSA) is 22.1 Å². The average molecular weight is 227 g/mol. The number of rotatable bonds is 3. The van der Waals surface area contributed by atoms with E-state index < -0.39 is 0 Å². The number of methoxy groups -OCH3 is 1. The maximum atomic E-state index is 5.34. The first-order valence-electron chi connectivity index (χ1n) is 5.81. The lowest BCUT2D eigenvalue weighted by molar-refractivity contribution is 0.416. The number of hydrogen-bond acceptors (Lipinski definition) is 2. The summed E-state index contributed by atoms with van der Waals surface area (Å²) in [7, 11) is 1.68. The van der Waals surface area contributed by atoms with Gasteiger partial charge in [-0.15, -0.1) is 0 Å². The van der Waals surface area contributed by atoms with E-state index in [1.807, 2.05) is 36.5 Å². The van der Waals surface area contributed by atoms with Gasteiger partial charge in [0, 0.05) is 11.8 Å². The van der Waals surface area contributed by atoms with Crippen molar-refractivity contribution in [1.29, 1.82) is 0 Å². The lowest BCUT2D eigenvalue weighted by Crippen LogP contribution is -1.92. The summed E-state index contributed by atoms with van der Waals surface area (Å²) in [6, 6.07) is 12.1. The minimum absolute atomic E-state index is 0.509. The Labute approximate surface area is 102 Å². The van der Waals surface area contributed by atoms with Crippen molar-refractivity contribution in [1.82, 2.24) is 4.98 Å². The van der Waals surface area contributed by atoms with E-state index >= 15 is 0 Å². The standard InChI is InChI=1S/C15H17NO/c1-11(2)12-8-9-14(16-10-12)13-6-4-5-7-15(13)17-3/h4-11H,1-3H3. The summed E-state index contributed by atoms with van der Waals surface area (Å²) in [5.41, 5.74) is 3.24. The Hall–Kier alpha value is -1.83. The lowest BCUT2D eigenvalue weighted by Gasteiger charge is -2.09. The quantitative estimate of drug-likeness (QED) is 0.793. The molecule has 0 unspecified atom stereocenters. The van der Waals surface area contributed by atoms with Crippen LogP contribution in [0.4, 0.5) is 0 Å². The van der Waals surface area contributed by atoms with Crippen molar-refractivity contribution < 1.29 is 4.74 Å². The fourth-order valence-corrected chi connectivity index (χ4v) is 1.76. The normalized spacial score (nSPS) is 10.6. The van der Waals surface area contributed by atoms with Crippen LogP contribution in [0.25, 0.3) is 11.3 Å². The minimum atomic E-state index is 0.509. The zero-order chi connectivity index (χ0) is 12.3. The van der Waals surface area contributed by atoms with E-state index in [2.05, 4.69) is 24.9 Å². The van der Waals surface area contributed by atoms with Crippen LogP contribution >= 0.6 is 0 Å². The van der Waals surface area contributed by atoms with Crippen LogP contribution in [-0.2, 0) is 0 Å². The fraction of sp³-hybridized carbons (Fsp3) is 0.267. The molecule has 0 atom stereocenters. The Morgan fingerprint density at radius 3 is 2.41 bits per heavy atom. The van der Waals surface area contributed by atoms with Crippen LogP contribution in [0.3, 0.4) is 0 Å².